The third-order valence-corrected chi connectivity index (χ3v) is 4.55. The van der Waals surface area contributed by atoms with Gasteiger partial charge in [0.1, 0.15) is 6.04 Å². The molecule has 0 saturated carbocycles. The first-order chi connectivity index (χ1) is 7.74. The van der Waals surface area contributed by atoms with E-state index in [4.69, 9.17) is 0 Å². The van der Waals surface area contributed by atoms with E-state index in [0.29, 0.717) is 17.6 Å². The molecule has 5 nitrogen and oxygen atoms in total. The Hall–Kier alpha value is -0.460. The van der Waals surface area contributed by atoms with Gasteiger partial charge < -0.3 is 15.5 Å². The number of amides is 2. The average Bonchev–Trinajstić information content (AvgIpc) is 2.89. The molecule has 2 N–H and O–H groups in total. The molecule has 7 heteroatoms. The lowest BCUT2D eigenvalue weighted by molar-refractivity contribution is -0.131. The maximum Gasteiger partial charge on any atom is 0.279 e. The Morgan fingerprint density at radius 3 is 2.47 bits per heavy atom. The normalized spacial score (nSPS) is 35.4. The van der Waals surface area contributed by atoms with Gasteiger partial charge in [0.15, 0.2) is 0 Å². The average molecular weight is 278 g/mol. The van der Waals surface area contributed by atoms with Gasteiger partial charge in [0.2, 0.25) is 5.91 Å². The molecule has 3 fully saturated rings. The van der Waals surface area contributed by atoms with Gasteiger partial charge in [-0.1, -0.05) is 11.8 Å². The van der Waals surface area contributed by atoms with Crippen molar-refractivity contribution in [1.29, 1.82) is 0 Å². The summed E-state index contributed by atoms with van der Waals surface area (Å²) >= 11 is 1.20. The number of hydrogen-bond donors (Lipinski definition) is 2. The van der Waals surface area contributed by atoms with Gasteiger partial charge in [-0.15, -0.1) is 12.4 Å². The van der Waals surface area contributed by atoms with Gasteiger partial charge in [-0.3, -0.25) is 9.59 Å². The minimum absolute atomic E-state index is 0. The lowest BCUT2D eigenvalue weighted by Crippen LogP contribution is -2.45. The van der Waals surface area contributed by atoms with Gasteiger partial charge in [-0.25, -0.2) is 0 Å². The molecule has 0 radical (unpaired) electrons. The highest BCUT2D eigenvalue weighted by molar-refractivity contribution is 8.14. The summed E-state index contributed by atoms with van der Waals surface area (Å²) in [6.45, 7) is 3.77. The second-order valence-corrected chi connectivity index (χ2v) is 5.71. The summed E-state index contributed by atoms with van der Waals surface area (Å²) in [4.78, 5) is 25.1. The van der Waals surface area contributed by atoms with Gasteiger partial charge in [-0.2, -0.15) is 0 Å². The van der Waals surface area contributed by atoms with Gasteiger partial charge in [-0.05, 0) is 11.8 Å². The van der Waals surface area contributed by atoms with Crippen LogP contribution in [0.5, 0.6) is 0 Å². The summed E-state index contributed by atoms with van der Waals surface area (Å²) in [6, 6.07) is -0.288. The van der Waals surface area contributed by atoms with E-state index < -0.39 is 0 Å². The van der Waals surface area contributed by atoms with Crippen molar-refractivity contribution in [2.45, 2.75) is 6.04 Å². The number of carbonyl (C=O) groups is 2. The Kier molecular flexibility index (Phi) is 3.85. The zero-order valence-corrected chi connectivity index (χ0v) is 11.0. The number of likely N-dealkylation sites (tertiary alicyclic amines) is 1. The molecule has 96 valence electrons. The standard InChI is InChI=1S/C10H15N3O2S.ClH/c14-9(8-5-16-10(15)12-8)13-3-6-1-11-2-7(6)4-13;/h6-8,11H,1-5H2,(H,12,15);1H/t6-,7+,8-;/m0./s1. The molecule has 2 amide bonds. The first-order valence-electron chi connectivity index (χ1n) is 5.67. The van der Waals surface area contributed by atoms with Gasteiger partial charge in [0, 0.05) is 31.9 Å². The molecule has 3 saturated heterocycles. The number of halogens is 1. The monoisotopic (exact) mass is 277 g/mol. The van der Waals surface area contributed by atoms with Crippen LogP contribution in [0.2, 0.25) is 0 Å². The molecule has 3 heterocycles. The number of carbonyl (C=O) groups excluding carboxylic acids is 2. The molecule has 17 heavy (non-hydrogen) atoms. The van der Waals surface area contributed by atoms with Crippen LogP contribution < -0.4 is 10.6 Å². The molecule has 3 rings (SSSR count). The van der Waals surface area contributed by atoms with Gasteiger partial charge in [0.25, 0.3) is 5.24 Å². The van der Waals surface area contributed by atoms with E-state index in [1.54, 1.807) is 0 Å². The van der Waals surface area contributed by atoms with Crippen LogP contribution in [-0.2, 0) is 4.79 Å². The van der Waals surface area contributed by atoms with E-state index in [1.165, 1.54) is 11.8 Å². The number of nitrogens with zero attached hydrogens (tertiary/aromatic N) is 1. The minimum Gasteiger partial charge on any atom is -0.340 e. The molecule has 0 bridgehead atoms. The second-order valence-electron chi connectivity index (χ2n) is 4.72. The molecular weight excluding hydrogens is 262 g/mol. The molecule has 0 spiro atoms. The maximum absolute atomic E-state index is 12.1. The zero-order valence-electron chi connectivity index (χ0n) is 9.35. The van der Waals surface area contributed by atoms with Crippen molar-refractivity contribution in [1.82, 2.24) is 15.5 Å². The van der Waals surface area contributed by atoms with Gasteiger partial charge >= 0.3 is 0 Å². The number of nitrogens with one attached hydrogen (secondary N) is 2. The fourth-order valence-electron chi connectivity index (χ4n) is 2.77. The Morgan fingerprint density at radius 2 is 1.94 bits per heavy atom. The van der Waals surface area contributed by atoms with Crippen molar-refractivity contribution in [3.05, 3.63) is 0 Å². The van der Waals surface area contributed by atoms with E-state index in [-0.39, 0.29) is 29.6 Å². The first kappa shape index (κ1) is 13.0. The highest BCUT2D eigenvalue weighted by Gasteiger charge is 2.41. The molecular formula is C10H16ClN3O2S. The van der Waals surface area contributed by atoms with Crippen LogP contribution in [0, 0.1) is 11.8 Å². The van der Waals surface area contributed by atoms with E-state index in [0.717, 1.165) is 26.2 Å². The topological polar surface area (TPSA) is 61.4 Å². The van der Waals surface area contributed by atoms with E-state index >= 15 is 0 Å². The van der Waals surface area contributed by atoms with Crippen LogP contribution in [0.15, 0.2) is 0 Å². The molecule has 3 aliphatic rings. The Bertz CT molecular complexity index is 330. The first-order valence-corrected chi connectivity index (χ1v) is 6.65. The highest BCUT2D eigenvalue weighted by atomic mass is 35.5. The zero-order chi connectivity index (χ0) is 11.1. The summed E-state index contributed by atoms with van der Waals surface area (Å²) in [5, 5.41) is 5.99. The van der Waals surface area contributed by atoms with Crippen molar-refractivity contribution >= 4 is 35.3 Å². The van der Waals surface area contributed by atoms with E-state index in [2.05, 4.69) is 10.6 Å². The smallest absolute Gasteiger partial charge is 0.279 e. The Morgan fingerprint density at radius 1 is 1.29 bits per heavy atom. The van der Waals surface area contributed by atoms with Crippen LogP contribution in [0.4, 0.5) is 4.79 Å². The summed E-state index contributed by atoms with van der Waals surface area (Å²) in [7, 11) is 0. The largest absolute Gasteiger partial charge is 0.340 e. The molecule has 3 atom stereocenters. The number of fused-ring (bicyclic) bond motifs is 1. The van der Waals surface area contributed by atoms with Crippen molar-refractivity contribution in [3.63, 3.8) is 0 Å². The van der Waals surface area contributed by atoms with Crippen molar-refractivity contribution < 1.29 is 9.59 Å². The Balaban J connectivity index is 0.00000108. The van der Waals surface area contributed by atoms with Crippen molar-refractivity contribution in [3.8, 4) is 0 Å². The number of rotatable bonds is 1. The van der Waals surface area contributed by atoms with Crippen LogP contribution in [-0.4, -0.2) is 54.0 Å². The van der Waals surface area contributed by atoms with Crippen LogP contribution in [0.1, 0.15) is 0 Å². The lowest BCUT2D eigenvalue weighted by atomic mass is 10.0. The van der Waals surface area contributed by atoms with Gasteiger partial charge in [0.05, 0.1) is 0 Å². The summed E-state index contributed by atoms with van der Waals surface area (Å²) < 4.78 is 0. The van der Waals surface area contributed by atoms with E-state index in [1.807, 2.05) is 4.90 Å². The fraction of sp³-hybridized carbons (Fsp3) is 0.800. The molecule has 0 aromatic carbocycles. The fourth-order valence-corrected chi connectivity index (χ4v) is 3.54. The predicted molar refractivity (Wildman–Crippen MR) is 68.5 cm³/mol. The minimum atomic E-state index is -0.288. The van der Waals surface area contributed by atoms with Crippen LogP contribution >= 0.6 is 24.2 Å². The number of thioether (sulfide) groups is 1. The lowest BCUT2D eigenvalue weighted by Gasteiger charge is -2.20. The van der Waals surface area contributed by atoms with Crippen LogP contribution in [0.3, 0.4) is 0 Å². The van der Waals surface area contributed by atoms with E-state index in [9.17, 15) is 9.59 Å². The highest BCUT2D eigenvalue weighted by Crippen LogP contribution is 2.27. The SMILES string of the molecule is Cl.O=C1N[C@H](C(=O)N2C[C@H]3CNC[C@H]3C2)CS1. The molecule has 0 aromatic heterocycles. The summed E-state index contributed by atoms with van der Waals surface area (Å²) in [6.07, 6.45) is 0. The van der Waals surface area contributed by atoms with Crippen molar-refractivity contribution in [2.24, 2.45) is 11.8 Å². The summed E-state index contributed by atoms with van der Waals surface area (Å²) in [5.74, 6) is 1.93. The Labute approximate surface area is 110 Å². The van der Waals surface area contributed by atoms with Crippen LogP contribution in [0.25, 0.3) is 0 Å². The van der Waals surface area contributed by atoms with Crippen molar-refractivity contribution in [2.75, 3.05) is 31.9 Å². The quantitative estimate of drug-likeness (QED) is 0.703. The summed E-state index contributed by atoms with van der Waals surface area (Å²) in [5.41, 5.74) is 0. The molecule has 0 aromatic rings. The maximum atomic E-state index is 12.1. The third-order valence-electron chi connectivity index (χ3n) is 3.67. The molecule has 0 unspecified atom stereocenters. The number of hydrogen-bond acceptors (Lipinski definition) is 4. The molecule has 3 aliphatic heterocycles. The molecule has 0 aliphatic carbocycles. The second kappa shape index (κ2) is 5.04. The third kappa shape index (κ3) is 2.39. The predicted octanol–water partition coefficient (Wildman–Crippen LogP) is -0.0890.